The van der Waals surface area contributed by atoms with Crippen LogP contribution in [0.4, 0.5) is 10.1 Å². The molecule has 0 aromatic heterocycles. The topological polar surface area (TPSA) is 84.5 Å². The quantitative estimate of drug-likeness (QED) is 0.777. The first-order valence-corrected chi connectivity index (χ1v) is 7.96. The maximum atomic E-state index is 12.8. The van der Waals surface area contributed by atoms with Crippen molar-refractivity contribution < 1.29 is 23.5 Å². The van der Waals surface area contributed by atoms with Crippen molar-refractivity contribution in [2.75, 3.05) is 11.9 Å². The number of nitrogens with one attached hydrogen (secondary N) is 2. The van der Waals surface area contributed by atoms with Gasteiger partial charge in [-0.2, -0.15) is 0 Å². The van der Waals surface area contributed by atoms with Crippen LogP contribution in [0.5, 0.6) is 0 Å². The van der Waals surface area contributed by atoms with Gasteiger partial charge in [-0.05, 0) is 50.2 Å². The molecule has 7 heteroatoms. The van der Waals surface area contributed by atoms with E-state index in [1.54, 1.807) is 12.1 Å². The van der Waals surface area contributed by atoms with E-state index in [0.29, 0.717) is 5.69 Å². The molecule has 6 nitrogen and oxygen atoms in total. The number of ether oxygens (including phenoxy) is 1. The number of rotatable bonds is 6. The average molecular weight is 358 g/mol. The summed E-state index contributed by atoms with van der Waals surface area (Å²) in [6.45, 7) is 2.96. The van der Waals surface area contributed by atoms with Gasteiger partial charge in [-0.3, -0.25) is 14.4 Å². The maximum Gasteiger partial charge on any atom is 0.326 e. The molecule has 0 bridgehead atoms. The number of carbonyl (C=O) groups excluding carboxylic acids is 3. The van der Waals surface area contributed by atoms with Crippen LogP contribution in [0.3, 0.4) is 0 Å². The largest absolute Gasteiger partial charge is 0.451 e. The SMILES string of the molecule is Cc1ccc(NC(=O)[C@H](C)OC(=O)CNC(=O)c2ccc(F)cc2)cc1. The highest BCUT2D eigenvalue weighted by Gasteiger charge is 2.18. The molecular weight excluding hydrogens is 339 g/mol. The molecule has 2 aromatic carbocycles. The molecule has 0 radical (unpaired) electrons. The summed E-state index contributed by atoms with van der Waals surface area (Å²) in [7, 11) is 0. The number of benzene rings is 2. The van der Waals surface area contributed by atoms with E-state index in [1.807, 2.05) is 19.1 Å². The van der Waals surface area contributed by atoms with E-state index in [-0.39, 0.29) is 5.56 Å². The monoisotopic (exact) mass is 358 g/mol. The Morgan fingerprint density at radius 1 is 1.04 bits per heavy atom. The Bertz CT molecular complexity index is 788. The van der Waals surface area contributed by atoms with Crippen LogP contribution in [0.15, 0.2) is 48.5 Å². The Labute approximate surface area is 150 Å². The molecule has 0 saturated carbocycles. The number of hydrogen-bond acceptors (Lipinski definition) is 4. The average Bonchev–Trinajstić information content (AvgIpc) is 2.62. The number of amides is 2. The lowest BCUT2D eigenvalue weighted by molar-refractivity contribution is -0.152. The van der Waals surface area contributed by atoms with Gasteiger partial charge < -0.3 is 15.4 Å². The van der Waals surface area contributed by atoms with Crippen molar-refractivity contribution in [1.29, 1.82) is 0 Å². The highest BCUT2D eigenvalue weighted by atomic mass is 19.1. The minimum Gasteiger partial charge on any atom is -0.451 e. The predicted octanol–water partition coefficient (Wildman–Crippen LogP) is 2.43. The molecule has 0 unspecified atom stereocenters. The summed E-state index contributed by atoms with van der Waals surface area (Å²) in [4.78, 5) is 35.6. The summed E-state index contributed by atoms with van der Waals surface area (Å²) in [5.41, 5.74) is 1.86. The van der Waals surface area contributed by atoms with Crippen molar-refractivity contribution in [2.45, 2.75) is 20.0 Å². The van der Waals surface area contributed by atoms with Crippen LogP contribution < -0.4 is 10.6 Å². The third kappa shape index (κ3) is 5.70. The Hall–Kier alpha value is -3.22. The van der Waals surface area contributed by atoms with Gasteiger partial charge in [-0.15, -0.1) is 0 Å². The van der Waals surface area contributed by atoms with Crippen LogP contribution >= 0.6 is 0 Å². The number of halogens is 1. The van der Waals surface area contributed by atoms with Crippen LogP contribution in [-0.2, 0) is 14.3 Å². The van der Waals surface area contributed by atoms with E-state index in [4.69, 9.17) is 4.74 Å². The lowest BCUT2D eigenvalue weighted by atomic mass is 10.2. The number of carbonyl (C=O) groups is 3. The third-order valence-electron chi connectivity index (χ3n) is 3.50. The van der Waals surface area contributed by atoms with E-state index in [9.17, 15) is 18.8 Å². The zero-order valence-corrected chi connectivity index (χ0v) is 14.4. The molecule has 0 heterocycles. The van der Waals surface area contributed by atoms with Crippen molar-refractivity contribution in [1.82, 2.24) is 5.32 Å². The number of anilines is 1. The molecule has 2 N–H and O–H groups in total. The van der Waals surface area contributed by atoms with Crippen molar-refractivity contribution in [3.8, 4) is 0 Å². The summed E-state index contributed by atoms with van der Waals surface area (Å²) >= 11 is 0. The van der Waals surface area contributed by atoms with Crippen molar-refractivity contribution in [3.05, 3.63) is 65.5 Å². The fourth-order valence-electron chi connectivity index (χ4n) is 2.03. The normalized spacial score (nSPS) is 11.3. The van der Waals surface area contributed by atoms with Gasteiger partial charge in [-0.25, -0.2) is 4.39 Å². The summed E-state index contributed by atoms with van der Waals surface area (Å²) < 4.78 is 17.8. The Morgan fingerprint density at radius 3 is 2.27 bits per heavy atom. The molecule has 0 spiro atoms. The second-order valence-electron chi connectivity index (χ2n) is 5.68. The molecule has 0 aliphatic carbocycles. The second kappa shape index (κ2) is 8.75. The van der Waals surface area contributed by atoms with E-state index < -0.39 is 36.2 Å². The molecule has 136 valence electrons. The smallest absolute Gasteiger partial charge is 0.326 e. The predicted molar refractivity (Wildman–Crippen MR) is 94.1 cm³/mol. The van der Waals surface area contributed by atoms with E-state index >= 15 is 0 Å². The molecule has 0 saturated heterocycles. The second-order valence-corrected chi connectivity index (χ2v) is 5.68. The minimum absolute atomic E-state index is 0.212. The van der Waals surface area contributed by atoms with Crippen LogP contribution in [0.25, 0.3) is 0 Å². The van der Waals surface area contributed by atoms with Gasteiger partial charge in [0.25, 0.3) is 11.8 Å². The van der Waals surface area contributed by atoms with Gasteiger partial charge in [0.15, 0.2) is 6.10 Å². The summed E-state index contributed by atoms with van der Waals surface area (Å²) in [6.07, 6.45) is -1.02. The van der Waals surface area contributed by atoms with Crippen molar-refractivity contribution >= 4 is 23.5 Å². The van der Waals surface area contributed by atoms with Crippen LogP contribution in [0, 0.1) is 12.7 Å². The van der Waals surface area contributed by atoms with Crippen molar-refractivity contribution in [3.63, 3.8) is 0 Å². The van der Waals surface area contributed by atoms with Crippen molar-refractivity contribution in [2.24, 2.45) is 0 Å². The lowest BCUT2D eigenvalue weighted by Crippen LogP contribution is -2.35. The molecule has 2 amide bonds. The lowest BCUT2D eigenvalue weighted by Gasteiger charge is -2.14. The highest BCUT2D eigenvalue weighted by Crippen LogP contribution is 2.09. The zero-order chi connectivity index (χ0) is 19.1. The molecule has 0 aliphatic heterocycles. The summed E-state index contributed by atoms with van der Waals surface area (Å²) in [6, 6.07) is 12.1. The maximum absolute atomic E-state index is 12.8. The van der Waals surface area contributed by atoms with E-state index in [1.165, 1.54) is 19.1 Å². The van der Waals surface area contributed by atoms with Crippen LogP contribution in [0.1, 0.15) is 22.8 Å². The molecule has 2 rings (SSSR count). The Kier molecular flexibility index (Phi) is 6.43. The number of aryl methyl sites for hydroxylation is 1. The van der Waals surface area contributed by atoms with E-state index in [0.717, 1.165) is 17.7 Å². The first kappa shape index (κ1) is 19.1. The Balaban J connectivity index is 1.79. The molecule has 26 heavy (non-hydrogen) atoms. The van der Waals surface area contributed by atoms with Crippen LogP contribution in [-0.4, -0.2) is 30.4 Å². The highest BCUT2D eigenvalue weighted by molar-refractivity contribution is 5.97. The minimum atomic E-state index is -1.02. The first-order chi connectivity index (χ1) is 12.3. The molecule has 0 fully saturated rings. The van der Waals surface area contributed by atoms with Crippen LogP contribution in [0.2, 0.25) is 0 Å². The van der Waals surface area contributed by atoms with Gasteiger partial charge in [-0.1, -0.05) is 17.7 Å². The third-order valence-corrected chi connectivity index (χ3v) is 3.50. The van der Waals surface area contributed by atoms with Gasteiger partial charge in [0, 0.05) is 11.3 Å². The number of esters is 1. The van der Waals surface area contributed by atoms with Gasteiger partial charge in [0.05, 0.1) is 0 Å². The Morgan fingerprint density at radius 2 is 1.65 bits per heavy atom. The number of hydrogen-bond donors (Lipinski definition) is 2. The fourth-order valence-corrected chi connectivity index (χ4v) is 2.03. The molecule has 0 aliphatic rings. The van der Waals surface area contributed by atoms with E-state index in [2.05, 4.69) is 10.6 Å². The fraction of sp³-hybridized carbons (Fsp3) is 0.211. The summed E-state index contributed by atoms with van der Waals surface area (Å²) in [5.74, 6) is -2.24. The van der Waals surface area contributed by atoms with Gasteiger partial charge in [0.1, 0.15) is 12.4 Å². The van der Waals surface area contributed by atoms with Gasteiger partial charge >= 0.3 is 5.97 Å². The zero-order valence-electron chi connectivity index (χ0n) is 14.4. The molecular formula is C19H19FN2O4. The molecule has 1 atom stereocenters. The van der Waals surface area contributed by atoms with Gasteiger partial charge in [0.2, 0.25) is 0 Å². The standard InChI is InChI=1S/C19H19FN2O4/c1-12-3-9-16(10-4-12)22-18(24)13(2)26-17(23)11-21-19(25)14-5-7-15(20)8-6-14/h3-10,13H,11H2,1-2H3,(H,21,25)(H,22,24)/t13-/m0/s1. The summed E-state index contributed by atoms with van der Waals surface area (Å²) in [5, 5.41) is 4.98. The first-order valence-electron chi connectivity index (χ1n) is 7.96. The molecule has 2 aromatic rings.